The number of carboxylic acid groups (broad SMARTS) is 1. The van der Waals surface area contributed by atoms with E-state index in [4.69, 9.17) is 0 Å². The third kappa shape index (κ3) is 12.1. The maximum Gasteiger partial charge on any atom is 0.326 e. The van der Waals surface area contributed by atoms with Crippen molar-refractivity contribution in [3.8, 4) is 0 Å². The summed E-state index contributed by atoms with van der Waals surface area (Å²) >= 11 is 0. The number of carbonyl (C=O) groups is 5. The topological polar surface area (TPSA) is 174 Å². The van der Waals surface area contributed by atoms with E-state index in [1.807, 2.05) is 37.3 Å². The van der Waals surface area contributed by atoms with Crippen LogP contribution in [0.25, 0.3) is 6.08 Å². The van der Waals surface area contributed by atoms with Gasteiger partial charge in [-0.25, -0.2) is 4.79 Å². The molecule has 0 heterocycles. The van der Waals surface area contributed by atoms with Crippen LogP contribution in [0.3, 0.4) is 0 Å². The van der Waals surface area contributed by atoms with Gasteiger partial charge in [0.2, 0.25) is 23.6 Å². The molecule has 0 aliphatic rings. The lowest BCUT2D eigenvalue weighted by Crippen LogP contribution is -2.59. The zero-order valence-electron chi connectivity index (χ0n) is 25.0. The standard InChI is InChI=1S/C30H46N4O7/c1-8-19(6)26(29(39)33-25(18(4)5)30(40)41)34-27(37)20(7)31-28(38)24(17(2)3)32-23(36)16-22(35)15-14-21-12-10-9-11-13-21/h9-15,17-20,22,24-26,35H,8,16H2,1-7H3,(H,31,38)(H,32,36)(H,33,39)(H,34,37)(H,40,41)/b15-14+/t19-,20+,22?,24-,25-,26-/m0/s1. The van der Waals surface area contributed by atoms with E-state index < -0.39 is 59.9 Å². The molecule has 1 rings (SSSR count). The second kappa shape index (κ2) is 17.2. The summed E-state index contributed by atoms with van der Waals surface area (Å²) < 4.78 is 0. The molecule has 0 aliphatic carbocycles. The van der Waals surface area contributed by atoms with Crippen LogP contribution in [0, 0.1) is 17.8 Å². The number of aliphatic hydroxyl groups excluding tert-OH is 1. The molecule has 11 heteroatoms. The van der Waals surface area contributed by atoms with Crippen LogP contribution in [0.2, 0.25) is 0 Å². The summed E-state index contributed by atoms with van der Waals surface area (Å²) in [4.78, 5) is 63.0. The predicted molar refractivity (Wildman–Crippen MR) is 156 cm³/mol. The van der Waals surface area contributed by atoms with Crippen molar-refractivity contribution in [1.29, 1.82) is 0 Å². The minimum Gasteiger partial charge on any atom is -0.480 e. The highest BCUT2D eigenvalue weighted by molar-refractivity contribution is 5.95. The largest absolute Gasteiger partial charge is 0.480 e. The highest BCUT2D eigenvalue weighted by atomic mass is 16.4. The van der Waals surface area contributed by atoms with E-state index in [0.717, 1.165) is 5.56 Å². The summed E-state index contributed by atoms with van der Waals surface area (Å²) in [6.07, 6.45) is 2.41. The Bertz CT molecular complexity index is 1060. The molecule has 0 saturated carbocycles. The molecule has 4 amide bonds. The lowest BCUT2D eigenvalue weighted by Gasteiger charge is -2.28. The van der Waals surface area contributed by atoms with E-state index in [2.05, 4.69) is 21.3 Å². The monoisotopic (exact) mass is 574 g/mol. The number of carbonyl (C=O) groups excluding carboxylic acids is 4. The molecule has 1 aromatic rings. The van der Waals surface area contributed by atoms with Gasteiger partial charge < -0.3 is 31.5 Å². The number of hydrogen-bond donors (Lipinski definition) is 6. The Morgan fingerprint density at radius 2 is 1.29 bits per heavy atom. The highest BCUT2D eigenvalue weighted by Crippen LogP contribution is 2.11. The molecule has 0 aromatic heterocycles. The van der Waals surface area contributed by atoms with Gasteiger partial charge in [0.05, 0.1) is 12.5 Å². The summed E-state index contributed by atoms with van der Waals surface area (Å²) in [6, 6.07) is 5.13. The van der Waals surface area contributed by atoms with Crippen LogP contribution in [-0.4, -0.2) is 70.1 Å². The van der Waals surface area contributed by atoms with Gasteiger partial charge in [-0.1, -0.05) is 90.4 Å². The summed E-state index contributed by atoms with van der Waals surface area (Å²) in [5, 5.41) is 30.0. The quantitative estimate of drug-likeness (QED) is 0.175. The summed E-state index contributed by atoms with van der Waals surface area (Å²) in [6.45, 7) is 11.8. The number of amides is 4. The number of hydrogen-bond acceptors (Lipinski definition) is 6. The SMILES string of the molecule is CC[C@H](C)[C@H](NC(=O)[C@@H](C)NC(=O)[C@@H](NC(=O)CC(O)/C=C/c1ccccc1)C(C)C)C(=O)N[C@H](C(=O)O)C(C)C. The maximum atomic E-state index is 13.0. The Morgan fingerprint density at radius 1 is 0.756 bits per heavy atom. The maximum absolute atomic E-state index is 13.0. The third-order valence-electron chi connectivity index (χ3n) is 6.75. The van der Waals surface area contributed by atoms with E-state index in [9.17, 15) is 34.2 Å². The van der Waals surface area contributed by atoms with Crippen LogP contribution in [0.1, 0.15) is 66.9 Å². The summed E-state index contributed by atoms with van der Waals surface area (Å²) in [7, 11) is 0. The number of rotatable bonds is 16. The van der Waals surface area contributed by atoms with Gasteiger partial charge in [-0.2, -0.15) is 0 Å². The molecule has 1 unspecified atom stereocenters. The van der Waals surface area contributed by atoms with Crippen molar-refractivity contribution < 1.29 is 34.2 Å². The van der Waals surface area contributed by atoms with Gasteiger partial charge in [0.15, 0.2) is 0 Å². The van der Waals surface area contributed by atoms with Crippen LogP contribution < -0.4 is 21.3 Å². The molecule has 6 N–H and O–H groups in total. The van der Waals surface area contributed by atoms with Gasteiger partial charge in [0, 0.05) is 0 Å². The van der Waals surface area contributed by atoms with Crippen molar-refractivity contribution >= 4 is 35.7 Å². The zero-order valence-corrected chi connectivity index (χ0v) is 25.0. The average molecular weight is 575 g/mol. The van der Waals surface area contributed by atoms with Crippen LogP contribution in [0.15, 0.2) is 36.4 Å². The second-order valence-electron chi connectivity index (χ2n) is 11.0. The van der Waals surface area contributed by atoms with Gasteiger partial charge in [0.25, 0.3) is 0 Å². The number of carboxylic acids is 1. The molecular weight excluding hydrogens is 528 g/mol. The Balaban J connectivity index is 2.81. The fourth-order valence-electron chi connectivity index (χ4n) is 3.92. The molecule has 228 valence electrons. The summed E-state index contributed by atoms with van der Waals surface area (Å²) in [5.41, 5.74) is 0.869. The van der Waals surface area contributed by atoms with Gasteiger partial charge in [0.1, 0.15) is 24.2 Å². The first-order chi connectivity index (χ1) is 19.2. The zero-order chi connectivity index (χ0) is 31.3. The van der Waals surface area contributed by atoms with Crippen molar-refractivity contribution in [2.75, 3.05) is 0 Å². The molecule has 6 atom stereocenters. The number of aliphatic carboxylic acids is 1. The van der Waals surface area contributed by atoms with Crippen LogP contribution in [0.4, 0.5) is 0 Å². The van der Waals surface area contributed by atoms with Crippen LogP contribution in [-0.2, 0) is 24.0 Å². The molecule has 0 aliphatic heterocycles. The molecule has 0 spiro atoms. The molecule has 0 saturated heterocycles. The first-order valence-electron chi connectivity index (χ1n) is 14.0. The van der Waals surface area contributed by atoms with Gasteiger partial charge in [-0.15, -0.1) is 0 Å². The Kier molecular flexibility index (Phi) is 14.8. The molecule has 0 bridgehead atoms. The first-order valence-corrected chi connectivity index (χ1v) is 14.0. The van der Waals surface area contributed by atoms with E-state index >= 15 is 0 Å². The highest BCUT2D eigenvalue weighted by Gasteiger charge is 2.33. The fraction of sp³-hybridized carbons (Fsp3) is 0.567. The fourth-order valence-corrected chi connectivity index (χ4v) is 3.92. The minimum absolute atomic E-state index is 0.255. The second-order valence-corrected chi connectivity index (χ2v) is 11.0. The first kappa shape index (κ1) is 35.3. The Morgan fingerprint density at radius 3 is 1.80 bits per heavy atom. The van der Waals surface area contributed by atoms with Crippen molar-refractivity contribution in [2.24, 2.45) is 17.8 Å². The van der Waals surface area contributed by atoms with Gasteiger partial charge >= 0.3 is 5.97 Å². The minimum atomic E-state index is -1.18. The van der Waals surface area contributed by atoms with E-state index in [0.29, 0.717) is 6.42 Å². The molecule has 11 nitrogen and oxygen atoms in total. The van der Waals surface area contributed by atoms with Crippen LogP contribution >= 0.6 is 0 Å². The van der Waals surface area contributed by atoms with Crippen molar-refractivity contribution in [1.82, 2.24) is 21.3 Å². The van der Waals surface area contributed by atoms with Gasteiger partial charge in [-0.3, -0.25) is 19.2 Å². The lowest BCUT2D eigenvalue weighted by molar-refractivity contribution is -0.144. The Hall–Kier alpha value is -3.73. The molecule has 41 heavy (non-hydrogen) atoms. The number of nitrogens with one attached hydrogen (secondary N) is 4. The Labute approximate surface area is 242 Å². The van der Waals surface area contributed by atoms with Crippen molar-refractivity contribution in [3.05, 3.63) is 42.0 Å². The van der Waals surface area contributed by atoms with Crippen LogP contribution in [0.5, 0.6) is 0 Å². The molecule has 0 fully saturated rings. The van der Waals surface area contributed by atoms with E-state index in [1.54, 1.807) is 40.7 Å². The summed E-state index contributed by atoms with van der Waals surface area (Å²) in [5.74, 6) is -4.57. The molecular formula is C30H46N4O7. The van der Waals surface area contributed by atoms with E-state index in [1.165, 1.54) is 13.0 Å². The molecule has 0 radical (unpaired) electrons. The normalized spacial score (nSPS) is 15.9. The molecule has 1 aromatic carbocycles. The van der Waals surface area contributed by atoms with Gasteiger partial charge in [-0.05, 0) is 30.2 Å². The van der Waals surface area contributed by atoms with Crippen molar-refractivity contribution in [2.45, 2.75) is 91.6 Å². The number of benzene rings is 1. The van der Waals surface area contributed by atoms with E-state index in [-0.39, 0.29) is 24.2 Å². The number of aliphatic hydroxyl groups is 1. The average Bonchev–Trinajstić information content (AvgIpc) is 2.91. The van der Waals surface area contributed by atoms with Crippen molar-refractivity contribution in [3.63, 3.8) is 0 Å². The smallest absolute Gasteiger partial charge is 0.326 e. The lowest BCUT2D eigenvalue weighted by atomic mass is 9.96. The predicted octanol–water partition coefficient (Wildman–Crippen LogP) is 1.85. The third-order valence-corrected chi connectivity index (χ3v) is 6.75.